The second kappa shape index (κ2) is 6.53. The molecule has 7 nitrogen and oxygen atoms in total. The van der Waals surface area contributed by atoms with Crippen LogP contribution >= 0.6 is 0 Å². The Morgan fingerprint density at radius 1 is 1.04 bits per heavy atom. The maximum atomic E-state index is 12.9. The van der Waals surface area contributed by atoms with Crippen molar-refractivity contribution in [3.63, 3.8) is 0 Å². The number of anilines is 1. The number of pyridine rings is 2. The molecule has 1 aliphatic rings. The lowest BCUT2D eigenvalue weighted by molar-refractivity contribution is -0.140. The molecule has 140 valence electrons. The lowest BCUT2D eigenvalue weighted by Gasteiger charge is -2.35. The molecule has 0 bridgehead atoms. The molecule has 10 heteroatoms. The zero-order valence-electron chi connectivity index (χ0n) is 14.0. The average Bonchev–Trinajstić information content (AvgIpc) is 3.21. The highest BCUT2D eigenvalue weighted by Gasteiger charge is 2.33. The fraction of sp³-hybridized carbons (Fsp3) is 0.294. The molecular formula is C17H14F3N5O2. The van der Waals surface area contributed by atoms with Gasteiger partial charge in [0.1, 0.15) is 11.5 Å². The zero-order chi connectivity index (χ0) is 19.0. The molecule has 0 atom stereocenters. The number of piperazine rings is 1. The van der Waals surface area contributed by atoms with E-state index < -0.39 is 11.9 Å². The Morgan fingerprint density at radius 2 is 1.81 bits per heavy atom. The molecule has 0 N–H and O–H groups in total. The molecule has 27 heavy (non-hydrogen) atoms. The number of nitrogens with zero attached hydrogens (tertiary/aromatic N) is 5. The van der Waals surface area contributed by atoms with Gasteiger partial charge in [-0.25, -0.2) is 9.97 Å². The number of carbonyl (C=O) groups is 1. The standard InChI is InChI=1S/C17H14F3N5O2/c18-17(19,20)14-2-1-11-12(23-14)3-5-21-15(11)24-7-9-25(10-8-24)16(26)13-4-6-22-27-13/h1-6H,7-10H2. The monoisotopic (exact) mass is 377 g/mol. The van der Waals surface area contributed by atoms with Gasteiger partial charge in [-0.1, -0.05) is 5.16 Å². The maximum Gasteiger partial charge on any atom is 0.433 e. The van der Waals surface area contributed by atoms with Crippen molar-refractivity contribution in [3.05, 3.63) is 48.1 Å². The number of carbonyl (C=O) groups excluding carboxylic acids is 1. The number of amides is 1. The molecule has 1 amide bonds. The molecule has 0 aliphatic carbocycles. The maximum absolute atomic E-state index is 12.9. The molecule has 1 saturated heterocycles. The highest BCUT2D eigenvalue weighted by Crippen LogP contribution is 2.31. The largest absolute Gasteiger partial charge is 0.433 e. The fourth-order valence-electron chi connectivity index (χ4n) is 3.05. The quantitative estimate of drug-likeness (QED) is 0.683. The van der Waals surface area contributed by atoms with Gasteiger partial charge in [0.15, 0.2) is 0 Å². The predicted octanol–water partition coefficient (Wildman–Crippen LogP) is 2.60. The van der Waals surface area contributed by atoms with E-state index in [1.807, 2.05) is 4.90 Å². The molecule has 3 aromatic rings. The Morgan fingerprint density at radius 3 is 2.48 bits per heavy atom. The molecular weight excluding hydrogens is 363 g/mol. The summed E-state index contributed by atoms with van der Waals surface area (Å²) in [5.41, 5.74) is -0.704. The molecule has 1 fully saturated rings. The van der Waals surface area contributed by atoms with E-state index in [0.717, 1.165) is 6.07 Å². The van der Waals surface area contributed by atoms with Crippen LogP contribution in [0.1, 0.15) is 16.2 Å². The molecule has 0 radical (unpaired) electrons. The van der Waals surface area contributed by atoms with Gasteiger partial charge in [-0.2, -0.15) is 13.2 Å². The van der Waals surface area contributed by atoms with Crippen LogP contribution in [0.25, 0.3) is 10.9 Å². The van der Waals surface area contributed by atoms with Gasteiger partial charge in [-0.05, 0) is 18.2 Å². The third-order valence-electron chi connectivity index (χ3n) is 4.40. The van der Waals surface area contributed by atoms with Gasteiger partial charge >= 0.3 is 6.18 Å². The van der Waals surface area contributed by atoms with Crippen LogP contribution in [0.3, 0.4) is 0 Å². The Labute approximate surface area is 151 Å². The summed E-state index contributed by atoms with van der Waals surface area (Å²) in [4.78, 5) is 23.9. The van der Waals surface area contributed by atoms with Crippen LogP contribution < -0.4 is 4.90 Å². The third kappa shape index (κ3) is 3.29. The minimum absolute atomic E-state index is 0.176. The van der Waals surface area contributed by atoms with Gasteiger partial charge in [-0.3, -0.25) is 4.79 Å². The first-order chi connectivity index (χ1) is 12.9. The highest BCUT2D eigenvalue weighted by atomic mass is 19.4. The minimum atomic E-state index is -4.50. The van der Waals surface area contributed by atoms with E-state index in [9.17, 15) is 18.0 Å². The normalized spacial score (nSPS) is 15.4. The van der Waals surface area contributed by atoms with E-state index in [1.165, 1.54) is 30.6 Å². The smallest absolute Gasteiger partial charge is 0.353 e. The van der Waals surface area contributed by atoms with Crippen molar-refractivity contribution >= 4 is 22.6 Å². The molecule has 0 aromatic carbocycles. The third-order valence-corrected chi connectivity index (χ3v) is 4.40. The number of fused-ring (bicyclic) bond motifs is 1. The van der Waals surface area contributed by atoms with E-state index in [4.69, 9.17) is 4.52 Å². The van der Waals surface area contributed by atoms with E-state index >= 15 is 0 Å². The van der Waals surface area contributed by atoms with Gasteiger partial charge < -0.3 is 14.3 Å². The topological polar surface area (TPSA) is 75.4 Å². The zero-order valence-corrected chi connectivity index (χ0v) is 14.0. The second-order valence-electron chi connectivity index (χ2n) is 6.05. The molecule has 3 aromatic heterocycles. The molecule has 1 aliphatic heterocycles. The Bertz CT molecular complexity index is 966. The van der Waals surface area contributed by atoms with Crippen molar-refractivity contribution in [3.8, 4) is 0 Å². The summed E-state index contributed by atoms with van der Waals surface area (Å²) in [5, 5.41) is 4.07. The molecule has 4 rings (SSSR count). The van der Waals surface area contributed by atoms with Crippen LogP contribution in [-0.4, -0.2) is 52.1 Å². The Hall–Kier alpha value is -3.17. The minimum Gasteiger partial charge on any atom is -0.353 e. The number of hydrogen-bond acceptors (Lipinski definition) is 6. The van der Waals surface area contributed by atoms with Crippen molar-refractivity contribution < 1.29 is 22.5 Å². The van der Waals surface area contributed by atoms with Gasteiger partial charge in [-0.15, -0.1) is 0 Å². The van der Waals surface area contributed by atoms with Gasteiger partial charge in [0.2, 0.25) is 5.76 Å². The first-order valence-corrected chi connectivity index (χ1v) is 8.21. The molecule has 0 saturated carbocycles. The summed E-state index contributed by atoms with van der Waals surface area (Å²) < 4.78 is 43.5. The summed E-state index contributed by atoms with van der Waals surface area (Å²) in [6.07, 6.45) is -1.65. The Kier molecular flexibility index (Phi) is 4.17. The molecule has 4 heterocycles. The highest BCUT2D eigenvalue weighted by molar-refractivity contribution is 5.92. The van der Waals surface area contributed by atoms with Crippen molar-refractivity contribution in [2.45, 2.75) is 6.18 Å². The number of aromatic nitrogens is 3. The first kappa shape index (κ1) is 17.3. The number of hydrogen-bond donors (Lipinski definition) is 0. The van der Waals surface area contributed by atoms with E-state index in [2.05, 4.69) is 15.1 Å². The summed E-state index contributed by atoms with van der Waals surface area (Å²) >= 11 is 0. The van der Waals surface area contributed by atoms with Gasteiger partial charge in [0.05, 0.1) is 11.7 Å². The lowest BCUT2D eigenvalue weighted by atomic mass is 10.2. The lowest BCUT2D eigenvalue weighted by Crippen LogP contribution is -2.49. The predicted molar refractivity (Wildman–Crippen MR) is 89.2 cm³/mol. The average molecular weight is 377 g/mol. The fourth-order valence-corrected chi connectivity index (χ4v) is 3.05. The number of rotatable bonds is 2. The Balaban J connectivity index is 1.54. The number of halogens is 3. The summed E-state index contributed by atoms with van der Waals surface area (Å²) in [5.74, 6) is 0.491. The van der Waals surface area contributed by atoms with E-state index in [0.29, 0.717) is 37.4 Å². The summed E-state index contributed by atoms with van der Waals surface area (Å²) in [6.45, 7) is 1.86. The molecule has 0 spiro atoms. The van der Waals surface area contributed by atoms with Crippen LogP contribution in [0.4, 0.5) is 19.0 Å². The first-order valence-electron chi connectivity index (χ1n) is 8.21. The number of alkyl halides is 3. The second-order valence-corrected chi connectivity index (χ2v) is 6.05. The van der Waals surface area contributed by atoms with Crippen LogP contribution in [0.5, 0.6) is 0 Å². The molecule has 0 unspecified atom stereocenters. The van der Waals surface area contributed by atoms with E-state index in [1.54, 1.807) is 4.90 Å². The van der Waals surface area contributed by atoms with Crippen molar-refractivity contribution in [2.24, 2.45) is 0 Å². The van der Waals surface area contributed by atoms with E-state index in [-0.39, 0.29) is 17.2 Å². The summed E-state index contributed by atoms with van der Waals surface area (Å²) in [7, 11) is 0. The van der Waals surface area contributed by atoms with Crippen molar-refractivity contribution in [2.75, 3.05) is 31.1 Å². The van der Waals surface area contributed by atoms with Gasteiger partial charge in [0, 0.05) is 43.8 Å². The van der Waals surface area contributed by atoms with Crippen LogP contribution in [-0.2, 0) is 6.18 Å². The SMILES string of the molecule is O=C(c1ccno1)N1CCN(c2nccc3nc(C(F)(F)F)ccc23)CC1. The van der Waals surface area contributed by atoms with Crippen molar-refractivity contribution in [1.82, 2.24) is 20.0 Å². The van der Waals surface area contributed by atoms with Crippen LogP contribution in [0.2, 0.25) is 0 Å². The van der Waals surface area contributed by atoms with Crippen molar-refractivity contribution in [1.29, 1.82) is 0 Å². The summed E-state index contributed by atoms with van der Waals surface area (Å²) in [6, 6.07) is 5.30. The van der Waals surface area contributed by atoms with Gasteiger partial charge in [0.25, 0.3) is 5.91 Å². The van der Waals surface area contributed by atoms with Crippen LogP contribution in [0, 0.1) is 0 Å². The van der Waals surface area contributed by atoms with Crippen LogP contribution in [0.15, 0.2) is 41.2 Å².